The first-order valence-electron chi connectivity index (χ1n) is 5.61. The van der Waals surface area contributed by atoms with Crippen LogP contribution in [0.15, 0.2) is 30.3 Å². The number of hydrogen-bond donors (Lipinski definition) is 3. The van der Waals surface area contributed by atoms with Gasteiger partial charge in [-0.05, 0) is 29.8 Å². The van der Waals surface area contributed by atoms with Gasteiger partial charge in [-0.2, -0.15) is 0 Å². The lowest BCUT2D eigenvalue weighted by molar-refractivity contribution is 0.0989. The van der Waals surface area contributed by atoms with Crippen LogP contribution in [0.4, 0.5) is 0 Å². The number of benzene rings is 2. The van der Waals surface area contributed by atoms with Crippen molar-refractivity contribution in [3.63, 3.8) is 0 Å². The maximum Gasteiger partial charge on any atom is 0.201 e. The van der Waals surface area contributed by atoms with Crippen LogP contribution in [0.2, 0.25) is 10.0 Å². The Hall–Kier alpha value is -1.91. The lowest BCUT2D eigenvalue weighted by atomic mass is 10.0. The largest absolute Gasteiger partial charge is 0.504 e. The molecule has 0 saturated carbocycles. The van der Waals surface area contributed by atoms with Gasteiger partial charge in [-0.25, -0.2) is 0 Å². The maximum atomic E-state index is 12.1. The molecule has 0 spiro atoms. The standard InChI is InChI=1S/C14H10Cl2O4/c15-9-3-1-7(5-10(9)16)6-12(18)8-2-4-11(17)14(20)13(8)19/h1-5,17,19-20H,6H2. The molecule has 3 N–H and O–H groups in total. The molecule has 4 nitrogen and oxygen atoms in total. The van der Waals surface area contributed by atoms with E-state index in [0.717, 1.165) is 6.07 Å². The molecule has 6 heteroatoms. The molecule has 0 aliphatic heterocycles. The van der Waals surface area contributed by atoms with Gasteiger partial charge in [0.2, 0.25) is 5.75 Å². The second kappa shape index (κ2) is 5.61. The van der Waals surface area contributed by atoms with E-state index in [1.54, 1.807) is 18.2 Å². The van der Waals surface area contributed by atoms with Crippen molar-refractivity contribution in [1.29, 1.82) is 0 Å². The highest BCUT2D eigenvalue weighted by molar-refractivity contribution is 6.42. The Kier molecular flexibility index (Phi) is 4.06. The fourth-order valence-electron chi connectivity index (χ4n) is 1.72. The van der Waals surface area contributed by atoms with Gasteiger partial charge in [-0.3, -0.25) is 4.79 Å². The highest BCUT2D eigenvalue weighted by atomic mass is 35.5. The maximum absolute atomic E-state index is 12.1. The third kappa shape index (κ3) is 2.81. The molecule has 0 aliphatic rings. The Labute approximate surface area is 124 Å². The molecule has 0 fully saturated rings. The summed E-state index contributed by atoms with van der Waals surface area (Å²) < 4.78 is 0. The number of hydrogen-bond acceptors (Lipinski definition) is 4. The summed E-state index contributed by atoms with van der Waals surface area (Å²) >= 11 is 11.6. The zero-order chi connectivity index (χ0) is 14.9. The summed E-state index contributed by atoms with van der Waals surface area (Å²) in [6.45, 7) is 0. The van der Waals surface area contributed by atoms with Crippen LogP contribution < -0.4 is 0 Å². The molecule has 0 aliphatic carbocycles. The summed E-state index contributed by atoms with van der Waals surface area (Å²) in [4.78, 5) is 12.1. The van der Waals surface area contributed by atoms with Crippen molar-refractivity contribution in [1.82, 2.24) is 0 Å². The average molecular weight is 313 g/mol. The second-order valence-corrected chi connectivity index (χ2v) is 4.99. The van der Waals surface area contributed by atoms with Crippen molar-refractivity contribution in [2.45, 2.75) is 6.42 Å². The van der Waals surface area contributed by atoms with Crippen LogP contribution >= 0.6 is 23.2 Å². The van der Waals surface area contributed by atoms with Crippen LogP contribution in [0.3, 0.4) is 0 Å². The monoisotopic (exact) mass is 312 g/mol. The zero-order valence-electron chi connectivity index (χ0n) is 10.1. The molecule has 0 unspecified atom stereocenters. The van der Waals surface area contributed by atoms with Crippen LogP contribution in [0, 0.1) is 0 Å². The summed E-state index contributed by atoms with van der Waals surface area (Å²) in [7, 11) is 0. The van der Waals surface area contributed by atoms with E-state index in [9.17, 15) is 20.1 Å². The van der Waals surface area contributed by atoms with Crippen molar-refractivity contribution in [3.05, 3.63) is 51.5 Å². The van der Waals surface area contributed by atoms with Crippen LogP contribution in [0.25, 0.3) is 0 Å². The van der Waals surface area contributed by atoms with E-state index in [4.69, 9.17) is 23.2 Å². The predicted molar refractivity (Wildman–Crippen MR) is 75.9 cm³/mol. The van der Waals surface area contributed by atoms with Crippen LogP contribution in [0.5, 0.6) is 17.2 Å². The fraction of sp³-hybridized carbons (Fsp3) is 0.0714. The highest BCUT2D eigenvalue weighted by Gasteiger charge is 2.17. The minimum absolute atomic E-state index is 0.0192. The molecular formula is C14H10Cl2O4. The zero-order valence-corrected chi connectivity index (χ0v) is 11.6. The number of carbonyl (C=O) groups is 1. The van der Waals surface area contributed by atoms with E-state index in [1.165, 1.54) is 6.07 Å². The highest BCUT2D eigenvalue weighted by Crippen LogP contribution is 2.37. The van der Waals surface area contributed by atoms with Gasteiger partial charge in [0.05, 0.1) is 15.6 Å². The number of Topliss-reactive ketones (excluding diaryl/α,β-unsaturated/α-hetero) is 1. The smallest absolute Gasteiger partial charge is 0.201 e. The van der Waals surface area contributed by atoms with Gasteiger partial charge in [0, 0.05) is 6.42 Å². The number of halogens is 2. The van der Waals surface area contributed by atoms with Crippen LogP contribution in [0.1, 0.15) is 15.9 Å². The Bertz CT molecular complexity index is 683. The number of phenols is 3. The van der Waals surface area contributed by atoms with E-state index in [-0.39, 0.29) is 12.0 Å². The topological polar surface area (TPSA) is 77.8 Å². The first-order valence-corrected chi connectivity index (χ1v) is 6.36. The summed E-state index contributed by atoms with van der Waals surface area (Å²) in [5, 5.41) is 29.0. The molecule has 2 rings (SSSR count). The first kappa shape index (κ1) is 14.5. The molecule has 104 valence electrons. The van der Waals surface area contributed by atoms with Gasteiger partial charge in [0.1, 0.15) is 0 Å². The van der Waals surface area contributed by atoms with E-state index in [1.807, 2.05) is 0 Å². The fourth-order valence-corrected chi connectivity index (χ4v) is 2.04. The molecule has 0 atom stereocenters. The van der Waals surface area contributed by atoms with Gasteiger partial charge < -0.3 is 15.3 Å². The minimum Gasteiger partial charge on any atom is -0.504 e. The van der Waals surface area contributed by atoms with Gasteiger partial charge in [-0.15, -0.1) is 0 Å². The molecule has 0 heterocycles. The van der Waals surface area contributed by atoms with Crippen molar-refractivity contribution < 1.29 is 20.1 Å². The number of ketones is 1. The Morgan fingerprint density at radius 3 is 2.30 bits per heavy atom. The van der Waals surface area contributed by atoms with Crippen molar-refractivity contribution in [2.24, 2.45) is 0 Å². The van der Waals surface area contributed by atoms with Crippen molar-refractivity contribution in [3.8, 4) is 17.2 Å². The Balaban J connectivity index is 2.28. The van der Waals surface area contributed by atoms with Crippen molar-refractivity contribution in [2.75, 3.05) is 0 Å². The summed E-state index contributed by atoms with van der Waals surface area (Å²) in [5.74, 6) is -2.27. The molecule has 0 radical (unpaired) electrons. The number of rotatable bonds is 3. The van der Waals surface area contributed by atoms with Gasteiger partial charge in [0.15, 0.2) is 17.3 Å². The number of carbonyl (C=O) groups excluding carboxylic acids is 1. The molecule has 0 amide bonds. The quantitative estimate of drug-likeness (QED) is 0.598. The van der Waals surface area contributed by atoms with E-state index >= 15 is 0 Å². The molecule has 0 saturated heterocycles. The normalized spacial score (nSPS) is 10.5. The molecule has 0 bridgehead atoms. The molecule has 2 aromatic carbocycles. The number of aromatic hydroxyl groups is 3. The minimum atomic E-state index is -0.718. The van der Waals surface area contributed by atoms with Crippen LogP contribution in [-0.4, -0.2) is 21.1 Å². The molecule has 20 heavy (non-hydrogen) atoms. The van der Waals surface area contributed by atoms with E-state index < -0.39 is 23.0 Å². The lowest BCUT2D eigenvalue weighted by Crippen LogP contribution is -2.04. The SMILES string of the molecule is O=C(Cc1ccc(Cl)c(Cl)c1)c1ccc(O)c(O)c1O. The van der Waals surface area contributed by atoms with E-state index in [0.29, 0.717) is 15.6 Å². The average Bonchev–Trinajstić information content (AvgIpc) is 2.40. The van der Waals surface area contributed by atoms with E-state index in [2.05, 4.69) is 0 Å². The van der Waals surface area contributed by atoms with Crippen LogP contribution in [-0.2, 0) is 6.42 Å². The predicted octanol–water partition coefficient (Wildman–Crippen LogP) is 3.54. The summed E-state index contributed by atoms with van der Waals surface area (Å²) in [6, 6.07) is 7.14. The van der Waals surface area contributed by atoms with Gasteiger partial charge >= 0.3 is 0 Å². The van der Waals surface area contributed by atoms with Gasteiger partial charge in [-0.1, -0.05) is 29.3 Å². The second-order valence-electron chi connectivity index (χ2n) is 4.18. The molecule has 0 aromatic heterocycles. The van der Waals surface area contributed by atoms with Gasteiger partial charge in [0.25, 0.3) is 0 Å². The third-order valence-corrected chi connectivity index (χ3v) is 3.52. The van der Waals surface area contributed by atoms with Crippen molar-refractivity contribution >= 4 is 29.0 Å². The Morgan fingerprint density at radius 2 is 1.65 bits per heavy atom. The summed E-state index contributed by atoms with van der Waals surface area (Å²) in [6.07, 6.45) is -0.0192. The number of phenolic OH excluding ortho intramolecular Hbond substituents is 3. The Morgan fingerprint density at radius 1 is 0.950 bits per heavy atom. The lowest BCUT2D eigenvalue weighted by Gasteiger charge is -2.07. The summed E-state index contributed by atoms with van der Waals surface area (Å²) in [5.41, 5.74) is 0.544. The first-order chi connectivity index (χ1) is 9.40. The molecule has 2 aromatic rings. The molecular weight excluding hydrogens is 303 g/mol. The third-order valence-electron chi connectivity index (χ3n) is 2.78.